The molecule has 0 saturated heterocycles. The maximum atomic E-state index is 11.5. The molecule has 152 valence electrons. The van der Waals surface area contributed by atoms with Crippen LogP contribution in [0.3, 0.4) is 0 Å². The predicted octanol–water partition coefficient (Wildman–Crippen LogP) is 5.64. The molecule has 0 aromatic rings. The Hall–Kier alpha value is -0.130. The van der Waals surface area contributed by atoms with Gasteiger partial charge in [-0.2, -0.15) is 12.7 Å². The lowest BCUT2D eigenvalue weighted by Gasteiger charge is -2.11. The van der Waals surface area contributed by atoms with E-state index in [-0.39, 0.29) is 0 Å². The van der Waals surface area contributed by atoms with Gasteiger partial charge in [-0.15, -0.1) is 0 Å². The summed E-state index contributed by atoms with van der Waals surface area (Å²) >= 11 is 0. The van der Waals surface area contributed by atoms with Gasteiger partial charge in [0, 0.05) is 20.6 Å². The van der Waals surface area contributed by atoms with Crippen molar-refractivity contribution in [2.24, 2.45) is 0 Å². The lowest BCUT2D eigenvalue weighted by atomic mass is 10.0. The van der Waals surface area contributed by atoms with E-state index in [4.69, 9.17) is 0 Å². The Balaban J connectivity index is 3.15. The highest BCUT2D eigenvalue weighted by Crippen LogP contribution is 2.13. The first kappa shape index (κ1) is 24.9. The molecule has 4 nitrogen and oxygen atoms in total. The molecule has 0 bridgehead atoms. The summed E-state index contributed by atoms with van der Waals surface area (Å²) in [6.07, 6.45) is 21.4. The number of nitrogens with zero attached hydrogens (tertiary/aromatic N) is 1. The first-order valence-corrected chi connectivity index (χ1v) is 12.1. The van der Waals surface area contributed by atoms with Crippen molar-refractivity contribution in [3.05, 3.63) is 0 Å². The van der Waals surface area contributed by atoms with Crippen molar-refractivity contribution in [1.82, 2.24) is 9.03 Å². The molecule has 0 amide bonds. The summed E-state index contributed by atoms with van der Waals surface area (Å²) in [5.74, 6) is 0. The Labute approximate surface area is 158 Å². The lowest BCUT2D eigenvalue weighted by Crippen LogP contribution is -2.36. The van der Waals surface area contributed by atoms with Crippen molar-refractivity contribution in [1.29, 1.82) is 0 Å². The molecule has 0 spiro atoms. The number of nitrogens with one attached hydrogen (secondary N) is 1. The van der Waals surface area contributed by atoms with Crippen LogP contribution in [0.25, 0.3) is 0 Å². The fraction of sp³-hybridized carbons (Fsp3) is 1.00. The highest BCUT2D eigenvalue weighted by atomic mass is 32.2. The number of hydrogen-bond acceptors (Lipinski definition) is 2. The minimum Gasteiger partial charge on any atom is -0.202 e. The number of rotatable bonds is 19. The van der Waals surface area contributed by atoms with Crippen molar-refractivity contribution >= 4 is 10.2 Å². The molecule has 0 aromatic heterocycles. The molecule has 0 aliphatic rings. The Morgan fingerprint density at radius 2 is 0.920 bits per heavy atom. The van der Waals surface area contributed by atoms with E-state index in [9.17, 15) is 8.42 Å². The monoisotopic (exact) mass is 376 g/mol. The standard InChI is InChI=1S/C20H44N2O2S/c1-4-5-6-7-8-9-10-11-12-13-14-15-16-17-18-19-20-21-25(23,24)22(2)3/h21H,4-20H2,1-3H3. The largest absolute Gasteiger partial charge is 0.278 e. The molecule has 0 aromatic carbocycles. The van der Waals surface area contributed by atoms with Gasteiger partial charge in [0.1, 0.15) is 0 Å². The van der Waals surface area contributed by atoms with Crippen LogP contribution in [-0.4, -0.2) is 33.4 Å². The SMILES string of the molecule is CCCCCCCCCCCCCCCCCCNS(=O)(=O)N(C)C. The van der Waals surface area contributed by atoms with E-state index < -0.39 is 10.2 Å². The third-order valence-electron chi connectivity index (χ3n) is 4.80. The van der Waals surface area contributed by atoms with Crippen LogP contribution in [-0.2, 0) is 10.2 Å². The second kappa shape index (κ2) is 17.3. The molecule has 5 heteroatoms. The molecule has 0 aliphatic carbocycles. The van der Waals surface area contributed by atoms with Crippen molar-refractivity contribution < 1.29 is 8.42 Å². The van der Waals surface area contributed by atoms with Gasteiger partial charge in [0.2, 0.25) is 0 Å². The van der Waals surface area contributed by atoms with Crippen LogP contribution in [0.15, 0.2) is 0 Å². The van der Waals surface area contributed by atoms with Gasteiger partial charge in [0.05, 0.1) is 0 Å². The van der Waals surface area contributed by atoms with Gasteiger partial charge in [-0.05, 0) is 6.42 Å². The molecule has 1 N–H and O–H groups in total. The van der Waals surface area contributed by atoms with E-state index in [0.29, 0.717) is 6.54 Å². The first-order valence-electron chi connectivity index (χ1n) is 10.7. The first-order chi connectivity index (χ1) is 12.0. The van der Waals surface area contributed by atoms with Gasteiger partial charge in [-0.3, -0.25) is 0 Å². The molecular weight excluding hydrogens is 332 g/mol. The van der Waals surface area contributed by atoms with E-state index in [2.05, 4.69) is 11.6 Å². The summed E-state index contributed by atoms with van der Waals surface area (Å²) in [6.45, 7) is 2.83. The summed E-state index contributed by atoms with van der Waals surface area (Å²) in [6, 6.07) is 0. The summed E-state index contributed by atoms with van der Waals surface area (Å²) in [4.78, 5) is 0. The van der Waals surface area contributed by atoms with Crippen molar-refractivity contribution in [2.75, 3.05) is 20.6 Å². The topological polar surface area (TPSA) is 49.4 Å². The van der Waals surface area contributed by atoms with Gasteiger partial charge in [-0.25, -0.2) is 4.72 Å². The van der Waals surface area contributed by atoms with Crippen LogP contribution in [0, 0.1) is 0 Å². The average molecular weight is 377 g/mol. The predicted molar refractivity (Wildman–Crippen MR) is 110 cm³/mol. The second-order valence-electron chi connectivity index (χ2n) is 7.49. The summed E-state index contributed by atoms with van der Waals surface area (Å²) in [7, 11) is -0.133. The highest BCUT2D eigenvalue weighted by molar-refractivity contribution is 7.87. The molecule has 0 saturated carbocycles. The maximum Gasteiger partial charge on any atom is 0.278 e. The number of unbranched alkanes of at least 4 members (excludes halogenated alkanes) is 15. The van der Waals surface area contributed by atoms with Crippen LogP contribution in [0.2, 0.25) is 0 Å². The molecule has 0 atom stereocenters. The van der Waals surface area contributed by atoms with Crippen molar-refractivity contribution in [3.8, 4) is 0 Å². The van der Waals surface area contributed by atoms with E-state index in [1.54, 1.807) is 14.1 Å². The quantitative estimate of drug-likeness (QED) is 0.296. The molecule has 0 unspecified atom stereocenters. The van der Waals surface area contributed by atoms with Crippen molar-refractivity contribution in [2.45, 2.75) is 110 Å². The Morgan fingerprint density at radius 3 is 1.24 bits per heavy atom. The van der Waals surface area contributed by atoms with Crippen LogP contribution in [0.1, 0.15) is 110 Å². The minimum absolute atomic E-state index is 0.555. The van der Waals surface area contributed by atoms with Gasteiger partial charge >= 0.3 is 0 Å². The maximum absolute atomic E-state index is 11.5. The van der Waals surface area contributed by atoms with Gasteiger partial charge < -0.3 is 0 Å². The van der Waals surface area contributed by atoms with E-state index >= 15 is 0 Å². The Bertz CT molecular complexity index is 370. The highest BCUT2D eigenvalue weighted by Gasteiger charge is 2.10. The Kier molecular flexibility index (Phi) is 17.2. The van der Waals surface area contributed by atoms with E-state index in [0.717, 1.165) is 12.8 Å². The van der Waals surface area contributed by atoms with Crippen LogP contribution in [0.5, 0.6) is 0 Å². The molecule has 0 radical (unpaired) electrons. The van der Waals surface area contributed by atoms with Crippen LogP contribution >= 0.6 is 0 Å². The van der Waals surface area contributed by atoms with Crippen LogP contribution in [0.4, 0.5) is 0 Å². The Morgan fingerprint density at radius 1 is 0.600 bits per heavy atom. The lowest BCUT2D eigenvalue weighted by molar-refractivity contribution is 0.500. The zero-order valence-corrected chi connectivity index (χ0v) is 18.0. The minimum atomic E-state index is -3.24. The van der Waals surface area contributed by atoms with E-state index in [1.165, 1.54) is 94.2 Å². The van der Waals surface area contributed by atoms with E-state index in [1.807, 2.05) is 0 Å². The summed E-state index contributed by atoms with van der Waals surface area (Å²) in [5.41, 5.74) is 0. The van der Waals surface area contributed by atoms with Crippen molar-refractivity contribution in [3.63, 3.8) is 0 Å². The second-order valence-corrected chi connectivity index (χ2v) is 9.45. The average Bonchev–Trinajstić information content (AvgIpc) is 2.57. The summed E-state index contributed by atoms with van der Waals surface area (Å²) in [5, 5.41) is 0. The number of hydrogen-bond donors (Lipinski definition) is 1. The summed E-state index contributed by atoms with van der Waals surface area (Å²) < 4.78 is 26.8. The third kappa shape index (κ3) is 17.1. The van der Waals surface area contributed by atoms with Crippen LogP contribution < -0.4 is 4.72 Å². The fourth-order valence-corrected chi connectivity index (χ4v) is 3.66. The zero-order valence-electron chi connectivity index (χ0n) is 17.2. The van der Waals surface area contributed by atoms with Gasteiger partial charge in [-0.1, -0.05) is 103 Å². The molecule has 25 heavy (non-hydrogen) atoms. The molecule has 0 rings (SSSR count). The smallest absolute Gasteiger partial charge is 0.202 e. The molecule has 0 fully saturated rings. The molecule has 0 aliphatic heterocycles. The normalized spacial score (nSPS) is 12.2. The molecular formula is C20H44N2O2S. The molecule has 0 heterocycles. The zero-order chi connectivity index (χ0) is 18.8. The van der Waals surface area contributed by atoms with Gasteiger partial charge in [0.25, 0.3) is 10.2 Å². The fourth-order valence-electron chi connectivity index (χ4n) is 3.00. The van der Waals surface area contributed by atoms with Gasteiger partial charge in [0.15, 0.2) is 0 Å². The third-order valence-corrected chi connectivity index (χ3v) is 6.33.